The quantitative estimate of drug-likeness (QED) is 0.615. The molecule has 2 fully saturated rings. The number of rotatable bonds is 6. The van der Waals surface area contributed by atoms with Crippen LogP contribution in [0.3, 0.4) is 0 Å². The van der Waals surface area contributed by atoms with Gasteiger partial charge in [0.2, 0.25) is 0 Å². The van der Waals surface area contributed by atoms with Crippen molar-refractivity contribution in [2.75, 3.05) is 20.2 Å². The van der Waals surface area contributed by atoms with E-state index >= 15 is 0 Å². The Labute approximate surface area is 151 Å². The van der Waals surface area contributed by atoms with Gasteiger partial charge in [0.05, 0.1) is 6.10 Å². The number of nitrogens with zero attached hydrogens (tertiary/aromatic N) is 2. The lowest BCUT2D eigenvalue weighted by molar-refractivity contribution is -0.145. The van der Waals surface area contributed by atoms with E-state index in [0.29, 0.717) is 17.6 Å². The van der Waals surface area contributed by atoms with Gasteiger partial charge in [0.1, 0.15) is 0 Å². The highest BCUT2D eigenvalue weighted by Crippen LogP contribution is 2.53. The van der Waals surface area contributed by atoms with Gasteiger partial charge in [0.25, 0.3) is 0 Å². The molecule has 5 nitrogen and oxygen atoms in total. The first kappa shape index (κ1) is 18.2. The van der Waals surface area contributed by atoms with E-state index in [0.717, 1.165) is 37.6 Å². The highest BCUT2D eigenvalue weighted by Gasteiger charge is 2.55. The van der Waals surface area contributed by atoms with Gasteiger partial charge in [-0.1, -0.05) is 25.3 Å². The Morgan fingerprint density at radius 2 is 2.16 bits per heavy atom. The maximum Gasteiger partial charge on any atom is 0.191 e. The van der Waals surface area contributed by atoms with Gasteiger partial charge in [-0.05, 0) is 38.3 Å². The Balaban J connectivity index is 1.52. The summed E-state index contributed by atoms with van der Waals surface area (Å²) in [5.41, 5.74) is 1.42. The van der Waals surface area contributed by atoms with Crippen molar-refractivity contribution >= 4 is 5.96 Å². The molecule has 1 spiro atoms. The summed E-state index contributed by atoms with van der Waals surface area (Å²) >= 11 is 0. The van der Waals surface area contributed by atoms with E-state index in [1.165, 1.54) is 32.1 Å². The van der Waals surface area contributed by atoms with Crippen LogP contribution in [0.1, 0.15) is 51.1 Å². The zero-order valence-electron chi connectivity index (χ0n) is 15.6. The summed E-state index contributed by atoms with van der Waals surface area (Å²) in [7, 11) is 1.85. The number of hydrogen-bond acceptors (Lipinski definition) is 3. The molecular weight excluding hydrogens is 312 g/mol. The standard InChI is InChI=1S/C20H32N4O/c1-3-25-18-15-17(20(18)11-6-4-7-12-20)24-19(21-2)23-14-10-16-9-5-8-13-22-16/h5,8-9,13,17-18H,3-4,6-7,10-12,14-15H2,1-2H3,(H2,21,23,24). The fraction of sp³-hybridized carbons (Fsp3) is 0.700. The van der Waals surface area contributed by atoms with E-state index in [4.69, 9.17) is 4.74 Å². The molecule has 0 aromatic carbocycles. The minimum Gasteiger partial charge on any atom is -0.378 e. The van der Waals surface area contributed by atoms with Crippen molar-refractivity contribution in [2.45, 2.75) is 64.0 Å². The monoisotopic (exact) mass is 344 g/mol. The largest absolute Gasteiger partial charge is 0.378 e. The van der Waals surface area contributed by atoms with Gasteiger partial charge in [-0.25, -0.2) is 0 Å². The van der Waals surface area contributed by atoms with E-state index in [2.05, 4.69) is 33.6 Å². The smallest absolute Gasteiger partial charge is 0.191 e. The maximum absolute atomic E-state index is 6.05. The Bertz CT molecular complexity index is 554. The molecule has 0 bridgehead atoms. The van der Waals surface area contributed by atoms with Gasteiger partial charge in [0.15, 0.2) is 5.96 Å². The molecular formula is C20H32N4O. The van der Waals surface area contributed by atoms with Gasteiger partial charge in [-0.15, -0.1) is 0 Å². The number of hydrogen-bond donors (Lipinski definition) is 2. The fourth-order valence-corrected chi connectivity index (χ4v) is 4.48. The minimum absolute atomic E-state index is 0.312. The highest BCUT2D eigenvalue weighted by molar-refractivity contribution is 5.80. The summed E-state index contributed by atoms with van der Waals surface area (Å²) in [5.74, 6) is 0.904. The van der Waals surface area contributed by atoms with Gasteiger partial charge >= 0.3 is 0 Å². The van der Waals surface area contributed by atoms with Gasteiger partial charge in [0, 0.05) is 50.0 Å². The second kappa shape index (κ2) is 8.65. The second-order valence-corrected chi connectivity index (χ2v) is 7.24. The lowest BCUT2D eigenvalue weighted by atomic mass is 9.55. The van der Waals surface area contributed by atoms with Crippen molar-refractivity contribution in [2.24, 2.45) is 10.4 Å². The van der Waals surface area contributed by atoms with Crippen LogP contribution in [0.4, 0.5) is 0 Å². The highest BCUT2D eigenvalue weighted by atomic mass is 16.5. The van der Waals surface area contributed by atoms with Crippen LogP contribution < -0.4 is 10.6 Å². The average Bonchev–Trinajstić information content (AvgIpc) is 2.67. The first-order valence-corrected chi connectivity index (χ1v) is 9.77. The Kier molecular flexibility index (Phi) is 6.29. The molecule has 5 heteroatoms. The molecule has 25 heavy (non-hydrogen) atoms. The van der Waals surface area contributed by atoms with Crippen LogP contribution in [-0.4, -0.2) is 43.3 Å². The summed E-state index contributed by atoms with van der Waals surface area (Å²) in [5, 5.41) is 7.12. The molecule has 2 N–H and O–H groups in total. The van der Waals surface area contributed by atoms with Crippen LogP contribution in [0.15, 0.2) is 29.4 Å². The summed E-state index contributed by atoms with van der Waals surface area (Å²) in [6, 6.07) is 6.52. The van der Waals surface area contributed by atoms with Crippen LogP contribution in [-0.2, 0) is 11.2 Å². The lowest BCUT2D eigenvalue weighted by Gasteiger charge is -2.57. The van der Waals surface area contributed by atoms with Crippen molar-refractivity contribution in [3.8, 4) is 0 Å². The SMILES string of the molecule is CCOC1CC(NC(=NC)NCCc2ccccn2)C12CCCCC2. The molecule has 1 aromatic heterocycles. The Hall–Kier alpha value is -1.62. The van der Waals surface area contributed by atoms with E-state index in [1.807, 2.05) is 25.4 Å². The molecule has 2 saturated carbocycles. The second-order valence-electron chi connectivity index (χ2n) is 7.24. The molecule has 1 heterocycles. The number of guanidine groups is 1. The molecule has 138 valence electrons. The number of aliphatic imine (C=N–C) groups is 1. The molecule has 0 saturated heterocycles. The van der Waals surface area contributed by atoms with Crippen LogP contribution in [0.25, 0.3) is 0 Å². The van der Waals surface area contributed by atoms with Gasteiger partial charge in [-0.2, -0.15) is 0 Å². The van der Waals surface area contributed by atoms with Crippen LogP contribution in [0, 0.1) is 5.41 Å². The van der Waals surface area contributed by atoms with E-state index in [-0.39, 0.29) is 0 Å². The van der Waals surface area contributed by atoms with Gasteiger partial charge < -0.3 is 15.4 Å². The normalized spacial score (nSPS) is 25.4. The summed E-state index contributed by atoms with van der Waals surface area (Å²) in [4.78, 5) is 8.79. The molecule has 2 atom stereocenters. The number of nitrogens with one attached hydrogen (secondary N) is 2. The predicted molar refractivity (Wildman–Crippen MR) is 102 cm³/mol. The summed E-state index contributed by atoms with van der Waals surface area (Å²) in [6.45, 7) is 3.76. The minimum atomic E-state index is 0.312. The van der Waals surface area contributed by atoms with Crippen molar-refractivity contribution in [3.05, 3.63) is 30.1 Å². The maximum atomic E-state index is 6.05. The van der Waals surface area contributed by atoms with Crippen molar-refractivity contribution < 1.29 is 4.74 Å². The third kappa shape index (κ3) is 4.14. The average molecular weight is 345 g/mol. The van der Waals surface area contributed by atoms with E-state index in [1.54, 1.807) is 0 Å². The van der Waals surface area contributed by atoms with E-state index < -0.39 is 0 Å². The van der Waals surface area contributed by atoms with Crippen molar-refractivity contribution in [1.82, 2.24) is 15.6 Å². The molecule has 0 amide bonds. The first-order chi connectivity index (χ1) is 12.3. The Morgan fingerprint density at radius 1 is 1.32 bits per heavy atom. The zero-order chi connectivity index (χ0) is 17.5. The molecule has 1 aromatic rings. The topological polar surface area (TPSA) is 58.5 Å². The molecule has 0 radical (unpaired) electrons. The van der Waals surface area contributed by atoms with Crippen LogP contribution in [0.2, 0.25) is 0 Å². The predicted octanol–water partition coefficient (Wildman–Crippen LogP) is 2.92. The molecule has 2 aliphatic rings. The van der Waals surface area contributed by atoms with Gasteiger partial charge in [-0.3, -0.25) is 9.98 Å². The lowest BCUT2D eigenvalue weighted by Crippen LogP contribution is -2.66. The van der Waals surface area contributed by atoms with Crippen LogP contribution in [0.5, 0.6) is 0 Å². The van der Waals surface area contributed by atoms with Crippen molar-refractivity contribution in [3.63, 3.8) is 0 Å². The number of ether oxygens (including phenoxy) is 1. The zero-order valence-corrected chi connectivity index (χ0v) is 15.6. The fourth-order valence-electron chi connectivity index (χ4n) is 4.48. The third-order valence-electron chi connectivity index (χ3n) is 5.87. The van der Waals surface area contributed by atoms with E-state index in [9.17, 15) is 0 Å². The Morgan fingerprint density at radius 3 is 2.84 bits per heavy atom. The number of aromatic nitrogens is 1. The molecule has 0 aliphatic heterocycles. The summed E-state index contributed by atoms with van der Waals surface area (Å²) < 4.78 is 6.05. The summed E-state index contributed by atoms with van der Waals surface area (Å²) in [6.07, 6.45) is 10.8. The molecule has 2 unspecified atom stereocenters. The molecule has 2 aliphatic carbocycles. The number of pyridine rings is 1. The first-order valence-electron chi connectivity index (χ1n) is 9.77. The van der Waals surface area contributed by atoms with Crippen LogP contribution >= 0.6 is 0 Å². The third-order valence-corrected chi connectivity index (χ3v) is 5.87. The molecule has 3 rings (SSSR count). The van der Waals surface area contributed by atoms with Crippen molar-refractivity contribution in [1.29, 1.82) is 0 Å².